The molecule has 110 valence electrons. The fraction of sp³-hybridized carbons (Fsp3) is 0.188. The molecule has 3 nitrogen and oxygen atoms in total. The predicted octanol–water partition coefficient (Wildman–Crippen LogP) is 4.39. The molecule has 1 N–H and O–H groups in total. The van der Waals surface area contributed by atoms with Gasteiger partial charge in [-0.05, 0) is 58.7 Å². The monoisotopic (exact) mass is 351 g/mol. The van der Waals surface area contributed by atoms with E-state index in [4.69, 9.17) is 4.74 Å². The zero-order chi connectivity index (χ0) is 15.1. The fourth-order valence-corrected chi connectivity index (χ4v) is 2.13. The lowest BCUT2D eigenvalue weighted by molar-refractivity contribution is -0.116. The van der Waals surface area contributed by atoms with E-state index in [1.807, 2.05) is 24.3 Å². The highest BCUT2D eigenvalue weighted by Crippen LogP contribution is 2.23. The lowest BCUT2D eigenvalue weighted by Gasteiger charge is -2.08. The van der Waals surface area contributed by atoms with E-state index in [0.29, 0.717) is 25.1 Å². The summed E-state index contributed by atoms with van der Waals surface area (Å²) in [6.45, 7) is 0.458. The molecule has 0 aliphatic heterocycles. The Morgan fingerprint density at radius 3 is 2.57 bits per heavy atom. The smallest absolute Gasteiger partial charge is 0.224 e. The summed E-state index contributed by atoms with van der Waals surface area (Å²) >= 11 is 3.39. The van der Waals surface area contributed by atoms with Crippen molar-refractivity contribution in [1.82, 2.24) is 0 Å². The zero-order valence-corrected chi connectivity index (χ0v) is 12.9. The maximum atomic E-state index is 12.7. The average molecular weight is 352 g/mol. The van der Waals surface area contributed by atoms with Crippen LogP contribution in [0.2, 0.25) is 0 Å². The minimum atomic E-state index is -0.324. The molecular formula is C16H15BrFNO2. The van der Waals surface area contributed by atoms with E-state index in [9.17, 15) is 9.18 Å². The molecule has 0 aromatic heterocycles. The molecule has 2 rings (SSSR count). The summed E-state index contributed by atoms with van der Waals surface area (Å²) in [6, 6.07) is 13.3. The van der Waals surface area contributed by atoms with Crippen molar-refractivity contribution in [3.63, 3.8) is 0 Å². The second-order valence-corrected chi connectivity index (χ2v) is 5.29. The third-order valence-electron chi connectivity index (χ3n) is 2.77. The number of rotatable bonds is 6. The predicted molar refractivity (Wildman–Crippen MR) is 83.9 cm³/mol. The van der Waals surface area contributed by atoms with Gasteiger partial charge in [-0.3, -0.25) is 4.79 Å². The average Bonchev–Trinajstić information content (AvgIpc) is 2.48. The lowest BCUT2D eigenvalue weighted by Crippen LogP contribution is -2.12. The Bertz CT molecular complexity index is 601. The number of halogens is 2. The first kappa shape index (κ1) is 15.5. The van der Waals surface area contributed by atoms with E-state index in [1.165, 1.54) is 24.3 Å². The number of carbonyl (C=O) groups excluding carboxylic acids is 1. The molecule has 0 saturated heterocycles. The fourth-order valence-electron chi connectivity index (χ4n) is 1.73. The molecule has 0 unspecified atom stereocenters. The normalized spacial score (nSPS) is 10.2. The molecule has 0 heterocycles. The van der Waals surface area contributed by atoms with Crippen LogP contribution in [0.25, 0.3) is 0 Å². The maximum Gasteiger partial charge on any atom is 0.224 e. The molecule has 2 aromatic carbocycles. The van der Waals surface area contributed by atoms with Gasteiger partial charge in [0, 0.05) is 12.1 Å². The number of hydrogen-bond acceptors (Lipinski definition) is 2. The number of anilines is 1. The van der Waals surface area contributed by atoms with Gasteiger partial charge in [0.15, 0.2) is 0 Å². The van der Waals surface area contributed by atoms with Crippen molar-refractivity contribution in [3.05, 3.63) is 58.8 Å². The maximum absolute atomic E-state index is 12.7. The molecule has 0 fully saturated rings. The summed E-state index contributed by atoms with van der Waals surface area (Å²) in [6.07, 6.45) is 0.955. The van der Waals surface area contributed by atoms with Gasteiger partial charge in [0.25, 0.3) is 0 Å². The molecule has 0 spiro atoms. The van der Waals surface area contributed by atoms with Gasteiger partial charge in [-0.25, -0.2) is 4.39 Å². The molecule has 5 heteroatoms. The van der Waals surface area contributed by atoms with Crippen molar-refractivity contribution in [3.8, 4) is 5.75 Å². The first-order chi connectivity index (χ1) is 10.1. The third-order valence-corrected chi connectivity index (χ3v) is 3.43. The molecule has 0 aliphatic carbocycles. The van der Waals surface area contributed by atoms with Crippen LogP contribution in [0.1, 0.15) is 12.8 Å². The highest BCUT2D eigenvalue weighted by Gasteiger charge is 2.04. The number of para-hydroxylation sites is 1. The summed E-state index contributed by atoms with van der Waals surface area (Å²) in [5, 5.41) is 2.71. The second kappa shape index (κ2) is 7.78. The van der Waals surface area contributed by atoms with Gasteiger partial charge in [-0.2, -0.15) is 0 Å². The van der Waals surface area contributed by atoms with Crippen LogP contribution in [0.3, 0.4) is 0 Å². The van der Waals surface area contributed by atoms with Crippen LogP contribution in [0.5, 0.6) is 5.75 Å². The van der Waals surface area contributed by atoms with Crippen molar-refractivity contribution in [1.29, 1.82) is 0 Å². The molecule has 2 aromatic rings. The largest absolute Gasteiger partial charge is 0.492 e. The van der Waals surface area contributed by atoms with E-state index < -0.39 is 0 Å². The number of nitrogens with one attached hydrogen (secondary N) is 1. The molecule has 0 atom stereocenters. The molecule has 21 heavy (non-hydrogen) atoms. The van der Waals surface area contributed by atoms with Gasteiger partial charge in [-0.1, -0.05) is 12.1 Å². The van der Waals surface area contributed by atoms with E-state index in [1.54, 1.807) is 0 Å². The second-order valence-electron chi connectivity index (χ2n) is 4.44. The number of benzene rings is 2. The van der Waals surface area contributed by atoms with E-state index >= 15 is 0 Å². The van der Waals surface area contributed by atoms with Crippen LogP contribution < -0.4 is 10.1 Å². The van der Waals surface area contributed by atoms with Gasteiger partial charge in [0.2, 0.25) is 5.91 Å². The molecule has 0 radical (unpaired) electrons. The van der Waals surface area contributed by atoms with Crippen LogP contribution >= 0.6 is 15.9 Å². The van der Waals surface area contributed by atoms with Gasteiger partial charge < -0.3 is 10.1 Å². The van der Waals surface area contributed by atoms with Gasteiger partial charge in [0.05, 0.1) is 11.1 Å². The van der Waals surface area contributed by atoms with Crippen molar-refractivity contribution in [2.75, 3.05) is 11.9 Å². The van der Waals surface area contributed by atoms with E-state index in [-0.39, 0.29) is 11.7 Å². The summed E-state index contributed by atoms with van der Waals surface area (Å²) in [5.74, 6) is 0.323. The number of hydrogen-bond donors (Lipinski definition) is 1. The topological polar surface area (TPSA) is 38.3 Å². The molecule has 0 saturated carbocycles. The summed E-state index contributed by atoms with van der Waals surface area (Å²) in [7, 11) is 0. The first-order valence-electron chi connectivity index (χ1n) is 6.58. The van der Waals surface area contributed by atoms with Crippen LogP contribution in [-0.4, -0.2) is 12.5 Å². The third kappa shape index (κ3) is 5.19. The SMILES string of the molecule is O=C(CCCOc1ccccc1Br)Nc1ccc(F)cc1. The van der Waals surface area contributed by atoms with Crippen molar-refractivity contribution >= 4 is 27.5 Å². The molecular weight excluding hydrogens is 337 g/mol. The Labute approximate surface area is 131 Å². The van der Waals surface area contributed by atoms with Crippen molar-refractivity contribution in [2.24, 2.45) is 0 Å². The Hall–Kier alpha value is -1.88. The van der Waals surface area contributed by atoms with Crippen molar-refractivity contribution in [2.45, 2.75) is 12.8 Å². The standard InChI is InChI=1S/C16H15BrFNO2/c17-14-4-1-2-5-15(14)21-11-3-6-16(20)19-13-9-7-12(18)8-10-13/h1-2,4-5,7-10H,3,6,11H2,(H,19,20). The van der Waals surface area contributed by atoms with Crippen LogP contribution in [0.15, 0.2) is 53.0 Å². The zero-order valence-electron chi connectivity index (χ0n) is 11.3. The Balaban J connectivity index is 1.70. The molecule has 1 amide bonds. The Morgan fingerprint density at radius 1 is 1.14 bits per heavy atom. The molecule has 0 aliphatic rings. The summed E-state index contributed by atoms with van der Waals surface area (Å²) in [5.41, 5.74) is 0.591. The van der Waals surface area contributed by atoms with E-state index in [0.717, 1.165) is 10.2 Å². The quantitative estimate of drug-likeness (QED) is 0.784. The highest BCUT2D eigenvalue weighted by atomic mass is 79.9. The van der Waals surface area contributed by atoms with Crippen LogP contribution in [-0.2, 0) is 4.79 Å². The van der Waals surface area contributed by atoms with Crippen molar-refractivity contribution < 1.29 is 13.9 Å². The van der Waals surface area contributed by atoms with Gasteiger partial charge in [0.1, 0.15) is 11.6 Å². The number of ether oxygens (including phenoxy) is 1. The Morgan fingerprint density at radius 2 is 1.86 bits per heavy atom. The summed E-state index contributed by atoms with van der Waals surface area (Å²) < 4.78 is 19.2. The first-order valence-corrected chi connectivity index (χ1v) is 7.37. The van der Waals surface area contributed by atoms with E-state index in [2.05, 4.69) is 21.2 Å². The Kier molecular flexibility index (Phi) is 5.75. The molecule has 0 bridgehead atoms. The number of carbonyl (C=O) groups is 1. The highest BCUT2D eigenvalue weighted by molar-refractivity contribution is 9.10. The number of amides is 1. The van der Waals surface area contributed by atoms with Gasteiger partial charge in [-0.15, -0.1) is 0 Å². The minimum Gasteiger partial charge on any atom is -0.492 e. The minimum absolute atomic E-state index is 0.114. The van der Waals surface area contributed by atoms with Gasteiger partial charge >= 0.3 is 0 Å². The van der Waals surface area contributed by atoms with Crippen LogP contribution in [0.4, 0.5) is 10.1 Å². The summed E-state index contributed by atoms with van der Waals surface area (Å²) in [4.78, 5) is 11.7. The van der Waals surface area contributed by atoms with Crippen LogP contribution in [0, 0.1) is 5.82 Å². The lowest BCUT2D eigenvalue weighted by atomic mass is 10.2.